The molecule has 162 valence electrons. The molecule has 2 aromatic rings. The highest BCUT2D eigenvalue weighted by molar-refractivity contribution is 7.99. The number of rotatable bonds is 10. The standard InChI is InChI=1S/C22H30N4O3S/c1-5-7-8-13-29-17-11-9-16(10-12-17)19-18(20(27)28-4)15(3)23-21-24-22(25-26(19)21)30-14-6-2/h9-12,19H,5-8,13-14H2,1-4H3,(H,23,24,25). The quantitative estimate of drug-likeness (QED) is 0.329. The first-order valence-electron chi connectivity index (χ1n) is 10.5. The second kappa shape index (κ2) is 10.5. The number of aromatic nitrogens is 3. The van der Waals surface area contributed by atoms with Crippen molar-refractivity contribution >= 4 is 23.7 Å². The Kier molecular flexibility index (Phi) is 7.79. The number of benzene rings is 1. The fraction of sp³-hybridized carbons (Fsp3) is 0.500. The Morgan fingerprint density at radius 3 is 2.63 bits per heavy atom. The maximum absolute atomic E-state index is 12.6. The van der Waals surface area contributed by atoms with Crippen molar-refractivity contribution < 1.29 is 14.3 Å². The van der Waals surface area contributed by atoms with E-state index in [4.69, 9.17) is 9.47 Å². The van der Waals surface area contributed by atoms with Gasteiger partial charge in [0.25, 0.3) is 0 Å². The maximum atomic E-state index is 12.6. The third kappa shape index (κ3) is 4.98. The number of hydrogen-bond donors (Lipinski definition) is 1. The third-order valence-corrected chi connectivity index (χ3v) is 5.93. The first-order valence-corrected chi connectivity index (χ1v) is 11.5. The molecule has 1 N–H and O–H groups in total. The fourth-order valence-corrected chi connectivity index (χ4v) is 4.04. The van der Waals surface area contributed by atoms with Gasteiger partial charge in [0.15, 0.2) is 0 Å². The van der Waals surface area contributed by atoms with Crippen molar-refractivity contribution in [2.24, 2.45) is 0 Å². The molecule has 3 rings (SSSR count). The molecule has 0 aliphatic carbocycles. The van der Waals surface area contributed by atoms with Gasteiger partial charge in [-0.25, -0.2) is 9.48 Å². The Labute approximate surface area is 182 Å². The zero-order chi connectivity index (χ0) is 21.5. The average molecular weight is 431 g/mol. The lowest BCUT2D eigenvalue weighted by Crippen LogP contribution is -2.29. The SMILES string of the molecule is CCCCCOc1ccc(C2C(C(=O)OC)=C(C)Nc3nc(SCCC)nn32)cc1. The minimum atomic E-state index is -0.411. The number of allylic oxidation sites excluding steroid dienone is 1. The van der Waals surface area contributed by atoms with Crippen molar-refractivity contribution in [2.45, 2.75) is 57.7 Å². The molecule has 0 saturated heterocycles. The number of ether oxygens (including phenoxy) is 2. The zero-order valence-corrected chi connectivity index (χ0v) is 18.9. The van der Waals surface area contributed by atoms with Crippen molar-refractivity contribution in [1.29, 1.82) is 0 Å². The number of esters is 1. The van der Waals surface area contributed by atoms with E-state index in [1.54, 1.807) is 16.4 Å². The number of fused-ring (bicyclic) bond motifs is 1. The third-order valence-electron chi connectivity index (χ3n) is 4.89. The summed E-state index contributed by atoms with van der Waals surface area (Å²) < 4.78 is 12.7. The van der Waals surface area contributed by atoms with Gasteiger partial charge in [0.1, 0.15) is 11.8 Å². The Morgan fingerprint density at radius 2 is 1.97 bits per heavy atom. The van der Waals surface area contributed by atoms with Crippen LogP contribution in [0.5, 0.6) is 5.75 Å². The van der Waals surface area contributed by atoms with E-state index in [0.29, 0.717) is 23.3 Å². The molecule has 1 aliphatic rings. The number of unbranched alkanes of at least 4 members (excludes halogenated alkanes) is 2. The van der Waals surface area contributed by atoms with Gasteiger partial charge in [-0.2, -0.15) is 4.98 Å². The number of carbonyl (C=O) groups excluding carboxylic acids is 1. The van der Waals surface area contributed by atoms with Crippen molar-refractivity contribution in [1.82, 2.24) is 14.8 Å². The fourth-order valence-electron chi connectivity index (χ4n) is 3.36. The lowest BCUT2D eigenvalue weighted by Gasteiger charge is -2.27. The van der Waals surface area contributed by atoms with Crippen LogP contribution < -0.4 is 10.1 Å². The molecule has 30 heavy (non-hydrogen) atoms. The van der Waals surface area contributed by atoms with Gasteiger partial charge < -0.3 is 14.8 Å². The smallest absolute Gasteiger partial charge is 0.338 e. The molecular weight excluding hydrogens is 400 g/mol. The molecular formula is C22H30N4O3S. The highest BCUT2D eigenvalue weighted by atomic mass is 32.2. The largest absolute Gasteiger partial charge is 0.494 e. The van der Waals surface area contributed by atoms with Crippen molar-refractivity contribution in [3.8, 4) is 5.75 Å². The van der Waals surface area contributed by atoms with Crippen molar-refractivity contribution in [3.63, 3.8) is 0 Å². The molecule has 0 saturated carbocycles. The van der Waals surface area contributed by atoms with Crippen LogP contribution in [0.4, 0.5) is 5.95 Å². The van der Waals surface area contributed by atoms with Crippen LogP contribution >= 0.6 is 11.8 Å². The van der Waals surface area contributed by atoms with Gasteiger partial charge in [-0.15, -0.1) is 5.10 Å². The zero-order valence-electron chi connectivity index (χ0n) is 18.1. The van der Waals surface area contributed by atoms with Gasteiger partial charge in [-0.3, -0.25) is 0 Å². The van der Waals surface area contributed by atoms with E-state index in [9.17, 15) is 4.79 Å². The molecule has 2 heterocycles. The van der Waals surface area contributed by atoms with E-state index in [1.807, 2.05) is 31.2 Å². The van der Waals surface area contributed by atoms with E-state index in [0.717, 1.165) is 42.0 Å². The summed E-state index contributed by atoms with van der Waals surface area (Å²) in [7, 11) is 1.40. The minimum Gasteiger partial charge on any atom is -0.494 e. The van der Waals surface area contributed by atoms with E-state index in [2.05, 4.69) is 29.2 Å². The van der Waals surface area contributed by atoms with Gasteiger partial charge in [-0.1, -0.05) is 50.6 Å². The van der Waals surface area contributed by atoms with Crippen LogP contribution in [0.2, 0.25) is 0 Å². The molecule has 0 bridgehead atoms. The second-order valence-corrected chi connectivity index (χ2v) is 8.26. The summed E-state index contributed by atoms with van der Waals surface area (Å²) in [4.78, 5) is 17.2. The van der Waals surface area contributed by atoms with Crippen LogP contribution in [0.15, 0.2) is 40.7 Å². The number of thioether (sulfide) groups is 1. The highest BCUT2D eigenvalue weighted by Gasteiger charge is 2.34. The molecule has 0 fully saturated rings. The van der Waals surface area contributed by atoms with Crippen LogP contribution in [0.3, 0.4) is 0 Å². The molecule has 0 amide bonds. The molecule has 1 atom stereocenters. The Balaban J connectivity index is 1.91. The monoisotopic (exact) mass is 430 g/mol. The Morgan fingerprint density at radius 1 is 1.20 bits per heavy atom. The van der Waals surface area contributed by atoms with E-state index in [-0.39, 0.29) is 5.97 Å². The normalized spacial score (nSPS) is 15.5. The summed E-state index contributed by atoms with van der Waals surface area (Å²) in [5.41, 5.74) is 2.17. The predicted octanol–water partition coefficient (Wildman–Crippen LogP) is 4.81. The highest BCUT2D eigenvalue weighted by Crippen LogP contribution is 2.37. The topological polar surface area (TPSA) is 78.3 Å². The molecule has 7 nitrogen and oxygen atoms in total. The maximum Gasteiger partial charge on any atom is 0.338 e. The summed E-state index contributed by atoms with van der Waals surface area (Å²) in [5, 5.41) is 8.57. The van der Waals surface area contributed by atoms with Gasteiger partial charge in [0.05, 0.1) is 19.3 Å². The minimum absolute atomic E-state index is 0.381. The number of methoxy groups -OCH3 is 1. The van der Waals surface area contributed by atoms with E-state index < -0.39 is 6.04 Å². The van der Waals surface area contributed by atoms with Crippen molar-refractivity contribution in [2.75, 3.05) is 24.8 Å². The first kappa shape index (κ1) is 22.2. The second-order valence-electron chi connectivity index (χ2n) is 7.19. The van der Waals surface area contributed by atoms with Crippen LogP contribution in [0, 0.1) is 0 Å². The van der Waals surface area contributed by atoms with Gasteiger partial charge in [0, 0.05) is 11.4 Å². The molecule has 1 aromatic heterocycles. The number of anilines is 1. The van der Waals surface area contributed by atoms with Gasteiger partial charge in [-0.05, 0) is 37.5 Å². The summed E-state index contributed by atoms with van der Waals surface area (Å²) >= 11 is 1.61. The van der Waals surface area contributed by atoms with Crippen molar-refractivity contribution in [3.05, 3.63) is 41.1 Å². The molecule has 1 aliphatic heterocycles. The lowest BCUT2D eigenvalue weighted by atomic mass is 9.96. The van der Waals surface area contributed by atoms with E-state index >= 15 is 0 Å². The lowest BCUT2D eigenvalue weighted by molar-refractivity contribution is -0.136. The molecule has 0 spiro atoms. The summed E-state index contributed by atoms with van der Waals surface area (Å²) in [5.74, 6) is 2.01. The number of hydrogen-bond acceptors (Lipinski definition) is 7. The Hall–Kier alpha value is -2.48. The van der Waals surface area contributed by atoms with Gasteiger partial charge >= 0.3 is 5.97 Å². The number of carbonyl (C=O) groups is 1. The van der Waals surface area contributed by atoms with Crippen LogP contribution in [-0.2, 0) is 9.53 Å². The Bertz CT molecular complexity index is 892. The van der Waals surface area contributed by atoms with Crippen LogP contribution in [0.1, 0.15) is 58.1 Å². The molecule has 1 aromatic carbocycles. The number of nitrogens with one attached hydrogen (secondary N) is 1. The predicted molar refractivity (Wildman–Crippen MR) is 119 cm³/mol. The average Bonchev–Trinajstić information content (AvgIpc) is 3.16. The molecule has 1 unspecified atom stereocenters. The van der Waals surface area contributed by atoms with Crippen LogP contribution in [-0.4, -0.2) is 40.2 Å². The van der Waals surface area contributed by atoms with Gasteiger partial charge in [0.2, 0.25) is 11.1 Å². The first-order chi connectivity index (χ1) is 14.6. The van der Waals surface area contributed by atoms with E-state index in [1.165, 1.54) is 13.5 Å². The molecule has 0 radical (unpaired) electrons. The molecule has 8 heteroatoms. The summed E-state index contributed by atoms with van der Waals surface area (Å²) in [6.45, 7) is 6.86. The summed E-state index contributed by atoms with van der Waals surface area (Å²) in [6, 6.07) is 7.43. The summed E-state index contributed by atoms with van der Waals surface area (Å²) in [6.07, 6.45) is 4.41. The number of nitrogens with zero attached hydrogens (tertiary/aromatic N) is 3. The van der Waals surface area contributed by atoms with Crippen LogP contribution in [0.25, 0.3) is 0 Å².